The molecule has 4 nitrogen and oxygen atoms in total. The van der Waals surface area contributed by atoms with Gasteiger partial charge >= 0.3 is 0 Å². The van der Waals surface area contributed by atoms with Crippen LogP contribution in [0.1, 0.15) is 15.9 Å². The zero-order valence-corrected chi connectivity index (χ0v) is 14.6. The quantitative estimate of drug-likeness (QED) is 0.804. The summed E-state index contributed by atoms with van der Waals surface area (Å²) in [6.07, 6.45) is 0. The van der Waals surface area contributed by atoms with E-state index in [1.165, 1.54) is 7.11 Å². The molecule has 0 atom stereocenters. The molecular weight excluding hydrogens is 337 g/mol. The molecule has 6 heteroatoms. The van der Waals surface area contributed by atoms with Crippen molar-refractivity contribution in [3.63, 3.8) is 0 Å². The fourth-order valence-electron chi connectivity index (χ4n) is 2.18. The van der Waals surface area contributed by atoms with Crippen LogP contribution >= 0.6 is 23.2 Å². The molecule has 0 aromatic heterocycles. The molecule has 0 saturated carbocycles. The van der Waals surface area contributed by atoms with Gasteiger partial charge in [0.2, 0.25) is 0 Å². The molecule has 2 aromatic carbocycles. The predicted octanol–water partition coefficient (Wildman–Crippen LogP) is 4.28. The normalized spacial score (nSPS) is 10.3. The van der Waals surface area contributed by atoms with Crippen LogP contribution in [0.15, 0.2) is 36.4 Å². The molecule has 0 unspecified atom stereocenters. The first-order valence-corrected chi connectivity index (χ1v) is 7.64. The van der Waals surface area contributed by atoms with Crippen molar-refractivity contribution in [2.24, 2.45) is 0 Å². The van der Waals surface area contributed by atoms with Crippen molar-refractivity contribution in [1.29, 1.82) is 0 Å². The number of carbonyl (C=O) groups excluding carboxylic acids is 1. The van der Waals surface area contributed by atoms with E-state index in [9.17, 15) is 4.79 Å². The van der Waals surface area contributed by atoms with Gasteiger partial charge < -0.3 is 14.4 Å². The van der Waals surface area contributed by atoms with Crippen LogP contribution in [0.2, 0.25) is 10.0 Å². The van der Waals surface area contributed by atoms with Crippen molar-refractivity contribution in [2.45, 2.75) is 6.54 Å². The second kappa shape index (κ2) is 7.57. The van der Waals surface area contributed by atoms with Crippen LogP contribution < -0.4 is 9.47 Å². The van der Waals surface area contributed by atoms with Crippen molar-refractivity contribution in [3.05, 3.63) is 57.6 Å². The Morgan fingerprint density at radius 3 is 2.52 bits per heavy atom. The second-order valence-electron chi connectivity index (χ2n) is 4.94. The molecule has 2 rings (SSSR count). The van der Waals surface area contributed by atoms with Crippen molar-refractivity contribution in [1.82, 2.24) is 4.90 Å². The van der Waals surface area contributed by atoms with Gasteiger partial charge in [-0.05, 0) is 23.8 Å². The molecule has 0 aliphatic heterocycles. The fourth-order valence-corrected chi connectivity index (χ4v) is 2.56. The maximum Gasteiger partial charge on any atom is 0.257 e. The maximum absolute atomic E-state index is 12.7. The zero-order valence-electron chi connectivity index (χ0n) is 13.1. The van der Waals surface area contributed by atoms with Crippen LogP contribution in [0, 0.1) is 0 Å². The third-order valence-electron chi connectivity index (χ3n) is 3.42. The standard InChI is InChI=1S/C17H17Cl2NO3/c1-20(10-11-5-4-6-14(18)16(11)19)17(21)13-8-7-12(22-2)9-15(13)23-3/h4-9H,10H2,1-3H3. The van der Waals surface area contributed by atoms with Gasteiger partial charge in [-0.1, -0.05) is 35.3 Å². The number of carbonyl (C=O) groups is 1. The van der Waals surface area contributed by atoms with Gasteiger partial charge in [-0.3, -0.25) is 4.79 Å². The Kier molecular flexibility index (Phi) is 5.74. The van der Waals surface area contributed by atoms with E-state index in [1.54, 1.807) is 49.4 Å². The Morgan fingerprint density at radius 2 is 1.87 bits per heavy atom. The van der Waals surface area contributed by atoms with E-state index < -0.39 is 0 Å². The lowest BCUT2D eigenvalue weighted by molar-refractivity contribution is 0.0781. The van der Waals surface area contributed by atoms with Gasteiger partial charge in [0.25, 0.3) is 5.91 Å². The van der Waals surface area contributed by atoms with Gasteiger partial charge in [0, 0.05) is 19.7 Å². The number of benzene rings is 2. The topological polar surface area (TPSA) is 38.8 Å². The van der Waals surface area contributed by atoms with Crippen molar-refractivity contribution in [2.75, 3.05) is 21.3 Å². The number of methoxy groups -OCH3 is 2. The van der Waals surface area contributed by atoms with Gasteiger partial charge in [-0.2, -0.15) is 0 Å². The van der Waals surface area contributed by atoms with Gasteiger partial charge in [-0.15, -0.1) is 0 Å². The van der Waals surface area contributed by atoms with E-state index in [4.69, 9.17) is 32.7 Å². The molecule has 23 heavy (non-hydrogen) atoms. The molecule has 1 amide bonds. The van der Waals surface area contributed by atoms with Crippen molar-refractivity contribution < 1.29 is 14.3 Å². The highest BCUT2D eigenvalue weighted by molar-refractivity contribution is 6.42. The van der Waals surface area contributed by atoms with Crippen LogP contribution in [0.4, 0.5) is 0 Å². The van der Waals surface area contributed by atoms with E-state index in [0.717, 1.165) is 5.56 Å². The molecule has 0 spiro atoms. The molecular formula is C17H17Cl2NO3. The Bertz CT molecular complexity index is 719. The summed E-state index contributed by atoms with van der Waals surface area (Å²) >= 11 is 12.2. The number of ether oxygens (including phenoxy) is 2. The number of nitrogens with zero attached hydrogens (tertiary/aromatic N) is 1. The number of halogens is 2. The molecule has 0 saturated heterocycles. The third-order valence-corrected chi connectivity index (χ3v) is 4.28. The summed E-state index contributed by atoms with van der Waals surface area (Å²) in [6.45, 7) is 0.341. The SMILES string of the molecule is COc1ccc(C(=O)N(C)Cc2cccc(Cl)c2Cl)c(OC)c1. The monoisotopic (exact) mass is 353 g/mol. The van der Waals surface area contributed by atoms with Crippen molar-refractivity contribution in [3.8, 4) is 11.5 Å². The molecule has 0 radical (unpaired) electrons. The molecule has 2 aromatic rings. The molecule has 0 heterocycles. The zero-order chi connectivity index (χ0) is 17.0. The summed E-state index contributed by atoms with van der Waals surface area (Å²) in [5.41, 5.74) is 1.23. The minimum Gasteiger partial charge on any atom is -0.497 e. The largest absolute Gasteiger partial charge is 0.497 e. The first-order valence-electron chi connectivity index (χ1n) is 6.88. The Balaban J connectivity index is 2.24. The van der Waals surface area contributed by atoms with Crippen LogP contribution in [-0.4, -0.2) is 32.1 Å². The molecule has 0 aliphatic carbocycles. The van der Waals surface area contributed by atoms with E-state index in [1.807, 2.05) is 6.07 Å². The van der Waals surface area contributed by atoms with Crippen LogP contribution in [0.25, 0.3) is 0 Å². The predicted molar refractivity (Wildman–Crippen MR) is 91.8 cm³/mol. The van der Waals surface area contributed by atoms with Crippen molar-refractivity contribution >= 4 is 29.1 Å². The van der Waals surface area contributed by atoms with Crippen LogP contribution in [0.5, 0.6) is 11.5 Å². The first-order chi connectivity index (χ1) is 11.0. The Morgan fingerprint density at radius 1 is 1.13 bits per heavy atom. The molecule has 0 aliphatic rings. The smallest absolute Gasteiger partial charge is 0.257 e. The molecule has 0 fully saturated rings. The average Bonchev–Trinajstić information content (AvgIpc) is 2.57. The van der Waals surface area contributed by atoms with E-state index in [2.05, 4.69) is 0 Å². The second-order valence-corrected chi connectivity index (χ2v) is 5.73. The van der Waals surface area contributed by atoms with E-state index in [0.29, 0.717) is 33.7 Å². The van der Waals surface area contributed by atoms with Gasteiger partial charge in [0.15, 0.2) is 0 Å². The van der Waals surface area contributed by atoms with Gasteiger partial charge in [-0.25, -0.2) is 0 Å². The summed E-state index contributed by atoms with van der Waals surface area (Å²) < 4.78 is 10.4. The van der Waals surface area contributed by atoms with E-state index >= 15 is 0 Å². The van der Waals surface area contributed by atoms with Crippen LogP contribution in [-0.2, 0) is 6.54 Å². The minimum atomic E-state index is -0.180. The number of hydrogen-bond donors (Lipinski definition) is 0. The lowest BCUT2D eigenvalue weighted by atomic mass is 10.1. The fraction of sp³-hybridized carbons (Fsp3) is 0.235. The number of rotatable bonds is 5. The average molecular weight is 354 g/mol. The Labute approximate surface area is 145 Å². The molecule has 0 N–H and O–H groups in total. The first kappa shape index (κ1) is 17.4. The maximum atomic E-state index is 12.7. The summed E-state index contributed by atoms with van der Waals surface area (Å²) in [5, 5.41) is 0.919. The van der Waals surface area contributed by atoms with Crippen LogP contribution in [0.3, 0.4) is 0 Å². The highest BCUT2D eigenvalue weighted by Gasteiger charge is 2.18. The molecule has 0 bridgehead atoms. The highest BCUT2D eigenvalue weighted by Crippen LogP contribution is 2.28. The summed E-state index contributed by atoms with van der Waals surface area (Å²) in [6, 6.07) is 10.4. The number of hydrogen-bond acceptors (Lipinski definition) is 3. The highest BCUT2D eigenvalue weighted by atomic mass is 35.5. The summed E-state index contributed by atoms with van der Waals surface area (Å²) in [7, 11) is 4.77. The van der Waals surface area contributed by atoms with Gasteiger partial charge in [0.05, 0.1) is 29.8 Å². The lowest BCUT2D eigenvalue weighted by Gasteiger charge is -2.20. The van der Waals surface area contributed by atoms with Gasteiger partial charge in [0.1, 0.15) is 11.5 Å². The summed E-state index contributed by atoms with van der Waals surface area (Å²) in [5.74, 6) is 0.901. The minimum absolute atomic E-state index is 0.180. The summed E-state index contributed by atoms with van der Waals surface area (Å²) in [4.78, 5) is 14.2. The third kappa shape index (κ3) is 3.89. The molecule has 122 valence electrons. The van der Waals surface area contributed by atoms with E-state index in [-0.39, 0.29) is 5.91 Å². The Hall–Kier alpha value is -1.91. The number of amides is 1. The lowest BCUT2D eigenvalue weighted by Crippen LogP contribution is -2.26.